The fourth-order valence-electron chi connectivity index (χ4n) is 1.09. The smallest absolute Gasteiger partial charge is 0.227 e. The van der Waals surface area contributed by atoms with Gasteiger partial charge in [-0.1, -0.05) is 11.2 Å². The van der Waals surface area contributed by atoms with Gasteiger partial charge in [0.05, 0.1) is 4.88 Å². The average molecular weight is 223 g/mol. The number of aromatic nitrogens is 2. The van der Waals surface area contributed by atoms with Crippen LogP contribution in [0.5, 0.6) is 0 Å². The van der Waals surface area contributed by atoms with E-state index in [2.05, 4.69) is 10.1 Å². The van der Waals surface area contributed by atoms with Crippen molar-refractivity contribution in [1.29, 1.82) is 0 Å². The van der Waals surface area contributed by atoms with Gasteiger partial charge < -0.3 is 10.3 Å². The maximum absolute atomic E-state index is 10.5. The summed E-state index contributed by atoms with van der Waals surface area (Å²) in [5.41, 5.74) is 5.01. The molecule has 1 amide bonds. The van der Waals surface area contributed by atoms with Gasteiger partial charge in [-0.2, -0.15) is 4.98 Å². The van der Waals surface area contributed by atoms with E-state index in [4.69, 9.17) is 10.3 Å². The summed E-state index contributed by atoms with van der Waals surface area (Å²) in [4.78, 5) is 15.6. The standard InChI is InChI=1S/C9H9N3O2S/c10-7(13)3-4-8-11-9(12-14-8)6-2-1-5-15-6/h1-2,5H,3-4H2,(H2,10,13). The van der Waals surface area contributed by atoms with Crippen molar-refractivity contribution < 1.29 is 9.32 Å². The van der Waals surface area contributed by atoms with Crippen LogP contribution in [-0.2, 0) is 11.2 Å². The van der Waals surface area contributed by atoms with Gasteiger partial charge in [-0.05, 0) is 11.4 Å². The van der Waals surface area contributed by atoms with Gasteiger partial charge >= 0.3 is 0 Å². The predicted octanol–water partition coefficient (Wildman–Crippen LogP) is 1.22. The van der Waals surface area contributed by atoms with Crippen molar-refractivity contribution in [3.8, 4) is 10.7 Å². The fraction of sp³-hybridized carbons (Fsp3) is 0.222. The number of nitrogens with zero attached hydrogens (tertiary/aromatic N) is 2. The average Bonchev–Trinajstić information content (AvgIpc) is 2.85. The van der Waals surface area contributed by atoms with Crippen molar-refractivity contribution in [2.24, 2.45) is 5.73 Å². The SMILES string of the molecule is NC(=O)CCc1nc(-c2cccs2)no1. The van der Waals surface area contributed by atoms with Crippen LogP contribution in [0.3, 0.4) is 0 Å². The number of hydrogen-bond acceptors (Lipinski definition) is 5. The lowest BCUT2D eigenvalue weighted by molar-refractivity contribution is -0.118. The molecular weight excluding hydrogens is 214 g/mol. The predicted molar refractivity (Wildman–Crippen MR) is 55.1 cm³/mol. The van der Waals surface area contributed by atoms with E-state index in [-0.39, 0.29) is 12.3 Å². The number of rotatable bonds is 4. The first-order chi connectivity index (χ1) is 7.25. The van der Waals surface area contributed by atoms with E-state index in [1.54, 1.807) is 0 Å². The van der Waals surface area contributed by atoms with E-state index < -0.39 is 0 Å². The summed E-state index contributed by atoms with van der Waals surface area (Å²) in [6, 6.07) is 3.83. The van der Waals surface area contributed by atoms with Crippen LogP contribution in [0.2, 0.25) is 0 Å². The summed E-state index contributed by atoms with van der Waals surface area (Å²) in [5, 5.41) is 5.75. The Balaban J connectivity index is 2.08. The van der Waals surface area contributed by atoms with Gasteiger partial charge in [0.25, 0.3) is 0 Å². The molecule has 15 heavy (non-hydrogen) atoms. The Kier molecular flexibility index (Phi) is 2.77. The quantitative estimate of drug-likeness (QED) is 0.844. The number of carbonyl (C=O) groups is 1. The molecule has 0 aromatic carbocycles. The minimum absolute atomic E-state index is 0.228. The van der Waals surface area contributed by atoms with Crippen molar-refractivity contribution in [3.63, 3.8) is 0 Å². The molecule has 0 aliphatic rings. The first-order valence-electron chi connectivity index (χ1n) is 4.40. The number of primary amides is 1. The molecule has 2 aromatic rings. The fourth-order valence-corrected chi connectivity index (χ4v) is 1.74. The number of amides is 1. The molecule has 0 atom stereocenters. The van der Waals surface area contributed by atoms with Crippen molar-refractivity contribution >= 4 is 17.2 Å². The van der Waals surface area contributed by atoms with E-state index in [1.165, 1.54) is 11.3 Å². The molecule has 6 heteroatoms. The Morgan fingerprint density at radius 1 is 1.60 bits per heavy atom. The third-order valence-corrected chi connectivity index (χ3v) is 2.66. The maximum Gasteiger partial charge on any atom is 0.227 e. The van der Waals surface area contributed by atoms with Crippen molar-refractivity contribution in [3.05, 3.63) is 23.4 Å². The molecule has 5 nitrogen and oxygen atoms in total. The number of nitrogens with two attached hydrogens (primary N) is 1. The zero-order chi connectivity index (χ0) is 10.7. The normalized spacial score (nSPS) is 10.4. The van der Waals surface area contributed by atoms with Crippen LogP contribution in [0.4, 0.5) is 0 Å². The van der Waals surface area contributed by atoms with Gasteiger partial charge in [-0.15, -0.1) is 11.3 Å². The molecule has 2 aromatic heterocycles. The molecule has 0 radical (unpaired) electrons. The Morgan fingerprint density at radius 2 is 2.47 bits per heavy atom. The Morgan fingerprint density at radius 3 is 3.13 bits per heavy atom. The molecular formula is C9H9N3O2S. The second-order valence-electron chi connectivity index (χ2n) is 2.96. The summed E-state index contributed by atoms with van der Waals surface area (Å²) in [5.74, 6) is 0.632. The largest absolute Gasteiger partial charge is 0.370 e. The molecule has 0 unspecified atom stereocenters. The summed E-state index contributed by atoms with van der Waals surface area (Å²) in [6.07, 6.45) is 0.625. The van der Waals surface area contributed by atoms with Crippen molar-refractivity contribution in [2.75, 3.05) is 0 Å². The summed E-state index contributed by atoms with van der Waals surface area (Å²) in [7, 11) is 0. The molecule has 0 fully saturated rings. The summed E-state index contributed by atoms with van der Waals surface area (Å²) >= 11 is 1.54. The Hall–Kier alpha value is -1.69. The Bertz CT molecular complexity index is 450. The number of aryl methyl sites for hydroxylation is 1. The molecule has 2 N–H and O–H groups in total. The highest BCUT2D eigenvalue weighted by atomic mass is 32.1. The molecule has 2 heterocycles. The Labute approximate surface area is 89.9 Å². The van der Waals surface area contributed by atoms with Crippen LogP contribution in [0.25, 0.3) is 10.7 Å². The van der Waals surface area contributed by atoms with Gasteiger partial charge in [-0.3, -0.25) is 4.79 Å². The highest BCUT2D eigenvalue weighted by molar-refractivity contribution is 7.13. The summed E-state index contributed by atoms with van der Waals surface area (Å²) < 4.78 is 4.98. The molecule has 0 saturated carbocycles. The highest BCUT2D eigenvalue weighted by Gasteiger charge is 2.09. The van der Waals surface area contributed by atoms with E-state index >= 15 is 0 Å². The molecule has 0 aliphatic carbocycles. The first-order valence-corrected chi connectivity index (χ1v) is 5.28. The molecule has 0 aliphatic heterocycles. The first kappa shape index (κ1) is 9.85. The van der Waals surface area contributed by atoms with Gasteiger partial charge in [0, 0.05) is 12.8 Å². The lowest BCUT2D eigenvalue weighted by atomic mass is 10.3. The number of hydrogen-bond donors (Lipinski definition) is 1. The third kappa shape index (κ3) is 2.41. The minimum Gasteiger partial charge on any atom is -0.370 e. The number of carbonyl (C=O) groups excluding carboxylic acids is 1. The highest BCUT2D eigenvalue weighted by Crippen LogP contribution is 2.21. The van der Waals surface area contributed by atoms with E-state index in [0.29, 0.717) is 18.1 Å². The monoisotopic (exact) mass is 223 g/mol. The zero-order valence-electron chi connectivity index (χ0n) is 7.84. The summed E-state index contributed by atoms with van der Waals surface area (Å²) in [6.45, 7) is 0. The molecule has 0 spiro atoms. The van der Waals surface area contributed by atoms with Crippen LogP contribution in [0, 0.1) is 0 Å². The minimum atomic E-state index is -0.370. The van der Waals surface area contributed by atoms with Crippen molar-refractivity contribution in [2.45, 2.75) is 12.8 Å². The second kappa shape index (κ2) is 4.22. The van der Waals surface area contributed by atoms with E-state index in [9.17, 15) is 4.79 Å². The van der Waals surface area contributed by atoms with Gasteiger partial charge in [0.1, 0.15) is 0 Å². The number of thiophene rings is 1. The molecule has 2 rings (SSSR count). The zero-order valence-corrected chi connectivity index (χ0v) is 8.66. The van der Waals surface area contributed by atoms with Crippen LogP contribution in [0.15, 0.2) is 22.0 Å². The van der Waals surface area contributed by atoms with Gasteiger partial charge in [0.15, 0.2) is 0 Å². The van der Waals surface area contributed by atoms with Crippen LogP contribution < -0.4 is 5.73 Å². The second-order valence-corrected chi connectivity index (χ2v) is 3.90. The van der Waals surface area contributed by atoms with Crippen LogP contribution in [0.1, 0.15) is 12.3 Å². The lowest BCUT2D eigenvalue weighted by Crippen LogP contribution is -2.11. The van der Waals surface area contributed by atoms with E-state index in [1.807, 2.05) is 17.5 Å². The third-order valence-electron chi connectivity index (χ3n) is 1.79. The molecule has 78 valence electrons. The topological polar surface area (TPSA) is 82.0 Å². The maximum atomic E-state index is 10.5. The van der Waals surface area contributed by atoms with Crippen LogP contribution in [-0.4, -0.2) is 16.0 Å². The van der Waals surface area contributed by atoms with Gasteiger partial charge in [0.2, 0.25) is 17.6 Å². The lowest BCUT2D eigenvalue weighted by Gasteiger charge is -1.88. The van der Waals surface area contributed by atoms with Crippen molar-refractivity contribution in [1.82, 2.24) is 10.1 Å². The van der Waals surface area contributed by atoms with E-state index in [0.717, 1.165) is 4.88 Å². The van der Waals surface area contributed by atoms with Crippen LogP contribution >= 0.6 is 11.3 Å². The molecule has 0 saturated heterocycles. The van der Waals surface area contributed by atoms with Gasteiger partial charge in [-0.25, -0.2) is 0 Å². The molecule has 0 bridgehead atoms.